The number of ketones is 1. The largest absolute Gasteiger partial charge is 0.378 e. The lowest BCUT2D eigenvalue weighted by molar-refractivity contribution is -0.384. The fraction of sp³-hybridized carbons (Fsp3) is 0.167. The zero-order valence-electron chi connectivity index (χ0n) is 12.9. The van der Waals surface area contributed by atoms with Gasteiger partial charge in [-0.25, -0.2) is 0 Å². The van der Waals surface area contributed by atoms with Crippen LogP contribution in [0.1, 0.15) is 21.5 Å². The van der Waals surface area contributed by atoms with Gasteiger partial charge in [0.2, 0.25) is 0 Å². The molecule has 116 valence electrons. The van der Waals surface area contributed by atoms with Crippen molar-refractivity contribution in [1.82, 2.24) is 0 Å². The van der Waals surface area contributed by atoms with Crippen molar-refractivity contribution in [3.8, 4) is 0 Å². The van der Waals surface area contributed by atoms with Crippen molar-refractivity contribution in [2.24, 2.45) is 0 Å². The average Bonchev–Trinajstić information content (AvgIpc) is 2.83. The molecule has 1 aliphatic rings. The van der Waals surface area contributed by atoms with Gasteiger partial charge in [-0.3, -0.25) is 14.9 Å². The van der Waals surface area contributed by atoms with Crippen molar-refractivity contribution in [3.63, 3.8) is 0 Å². The number of fused-ring (bicyclic) bond motifs is 1. The topological polar surface area (TPSA) is 63.4 Å². The van der Waals surface area contributed by atoms with Crippen LogP contribution in [0.4, 0.5) is 11.4 Å². The number of non-ortho nitro benzene ring substituents is 1. The number of hydrogen-bond acceptors (Lipinski definition) is 4. The predicted octanol–water partition coefficient (Wildman–Crippen LogP) is 3.48. The molecule has 0 radical (unpaired) electrons. The zero-order chi connectivity index (χ0) is 16.6. The number of carbonyl (C=O) groups excluding carboxylic acids is 1. The van der Waals surface area contributed by atoms with Gasteiger partial charge >= 0.3 is 0 Å². The first-order valence-electron chi connectivity index (χ1n) is 7.25. The Kier molecular flexibility index (Phi) is 3.70. The number of nitro benzene ring substituents is 1. The Morgan fingerprint density at radius 3 is 2.43 bits per heavy atom. The summed E-state index contributed by atoms with van der Waals surface area (Å²) < 4.78 is 0. The highest BCUT2D eigenvalue weighted by Gasteiger charge is 2.26. The Bertz CT molecular complexity index is 821. The third-order valence-corrected chi connectivity index (χ3v) is 3.97. The molecule has 0 fully saturated rings. The number of hydrogen-bond donors (Lipinski definition) is 0. The highest BCUT2D eigenvalue weighted by Crippen LogP contribution is 2.30. The molecule has 0 heterocycles. The Labute approximate surface area is 134 Å². The molecular weight excluding hydrogens is 292 g/mol. The fourth-order valence-corrected chi connectivity index (χ4v) is 2.69. The predicted molar refractivity (Wildman–Crippen MR) is 89.9 cm³/mol. The quantitative estimate of drug-likeness (QED) is 0.495. The second kappa shape index (κ2) is 5.68. The molecule has 0 aliphatic heterocycles. The van der Waals surface area contributed by atoms with Crippen molar-refractivity contribution in [2.75, 3.05) is 19.0 Å². The zero-order valence-corrected chi connectivity index (χ0v) is 12.9. The SMILES string of the molecule is CN(C)c1ccc(/C=C2\Cc3ccc([N+](=O)[O-])cc3C2=O)cc1. The van der Waals surface area contributed by atoms with E-state index in [1.54, 1.807) is 6.07 Å². The van der Waals surface area contributed by atoms with E-state index in [-0.39, 0.29) is 11.5 Å². The standard InChI is InChI=1S/C18H16N2O3/c1-19(2)15-6-3-12(4-7-15)9-14-10-13-5-8-16(20(22)23)11-17(13)18(14)21/h3-9,11H,10H2,1-2H3/b14-9+. The summed E-state index contributed by atoms with van der Waals surface area (Å²) in [6.45, 7) is 0. The van der Waals surface area contributed by atoms with E-state index in [4.69, 9.17) is 0 Å². The van der Waals surface area contributed by atoms with Crippen LogP contribution in [-0.4, -0.2) is 24.8 Å². The van der Waals surface area contributed by atoms with Crippen molar-refractivity contribution in [2.45, 2.75) is 6.42 Å². The minimum Gasteiger partial charge on any atom is -0.378 e. The van der Waals surface area contributed by atoms with E-state index in [1.165, 1.54) is 12.1 Å². The number of nitro groups is 1. The van der Waals surface area contributed by atoms with E-state index >= 15 is 0 Å². The molecule has 0 saturated heterocycles. The third kappa shape index (κ3) is 2.85. The second-order valence-electron chi connectivity index (χ2n) is 5.76. The van der Waals surface area contributed by atoms with Gasteiger partial charge < -0.3 is 4.90 Å². The molecule has 0 saturated carbocycles. The molecule has 3 rings (SSSR count). The molecule has 0 spiro atoms. The van der Waals surface area contributed by atoms with Gasteiger partial charge in [0, 0.05) is 49.5 Å². The number of anilines is 1. The smallest absolute Gasteiger partial charge is 0.270 e. The maximum absolute atomic E-state index is 12.5. The molecule has 5 nitrogen and oxygen atoms in total. The highest BCUT2D eigenvalue weighted by atomic mass is 16.6. The van der Waals surface area contributed by atoms with Crippen molar-refractivity contribution in [1.29, 1.82) is 0 Å². The van der Waals surface area contributed by atoms with Crippen LogP contribution in [0, 0.1) is 10.1 Å². The second-order valence-corrected chi connectivity index (χ2v) is 5.76. The minimum absolute atomic E-state index is 0.0475. The summed E-state index contributed by atoms with van der Waals surface area (Å²) in [5.41, 5.74) is 3.93. The van der Waals surface area contributed by atoms with Crippen molar-refractivity contribution < 1.29 is 9.72 Å². The minimum atomic E-state index is -0.477. The van der Waals surface area contributed by atoms with E-state index in [9.17, 15) is 14.9 Å². The van der Waals surface area contributed by atoms with Gasteiger partial charge in [-0.15, -0.1) is 0 Å². The van der Waals surface area contributed by atoms with Crippen LogP contribution in [0.15, 0.2) is 48.0 Å². The Balaban J connectivity index is 1.90. The van der Waals surface area contributed by atoms with Crippen molar-refractivity contribution in [3.05, 3.63) is 74.8 Å². The third-order valence-electron chi connectivity index (χ3n) is 3.97. The molecular formula is C18H16N2O3. The molecule has 0 amide bonds. The summed E-state index contributed by atoms with van der Waals surface area (Å²) in [5.74, 6) is -0.125. The summed E-state index contributed by atoms with van der Waals surface area (Å²) in [7, 11) is 3.94. The average molecular weight is 308 g/mol. The number of allylic oxidation sites excluding steroid dienone is 1. The first-order valence-corrected chi connectivity index (χ1v) is 7.25. The molecule has 0 unspecified atom stereocenters. The molecule has 0 aromatic heterocycles. The van der Waals surface area contributed by atoms with E-state index in [1.807, 2.05) is 49.3 Å². The van der Waals surface area contributed by atoms with Gasteiger partial charge in [-0.05, 0) is 29.3 Å². The number of nitrogens with zero attached hydrogens (tertiary/aromatic N) is 2. The number of benzene rings is 2. The van der Waals surface area contributed by atoms with Crippen LogP contribution in [0.3, 0.4) is 0 Å². The number of Topliss-reactive ketones (excluding diaryl/α,β-unsaturated/α-hetero) is 1. The lowest BCUT2D eigenvalue weighted by Gasteiger charge is -2.11. The molecule has 0 atom stereocenters. The van der Waals surface area contributed by atoms with E-state index in [2.05, 4.69) is 0 Å². The normalized spacial score (nSPS) is 14.9. The lowest BCUT2D eigenvalue weighted by Crippen LogP contribution is -2.07. The van der Waals surface area contributed by atoms with Crippen LogP contribution >= 0.6 is 0 Å². The number of rotatable bonds is 3. The van der Waals surface area contributed by atoms with Crippen LogP contribution in [0.2, 0.25) is 0 Å². The van der Waals surface area contributed by atoms with Crippen LogP contribution < -0.4 is 4.90 Å². The Morgan fingerprint density at radius 2 is 1.83 bits per heavy atom. The Hall–Kier alpha value is -2.95. The first kappa shape index (κ1) is 15.0. The molecule has 0 N–H and O–H groups in total. The van der Waals surface area contributed by atoms with Gasteiger partial charge in [0.15, 0.2) is 5.78 Å². The summed E-state index contributed by atoms with van der Waals surface area (Å²) in [4.78, 5) is 24.8. The van der Waals surface area contributed by atoms with E-state index < -0.39 is 4.92 Å². The molecule has 23 heavy (non-hydrogen) atoms. The van der Waals surface area contributed by atoms with Gasteiger partial charge in [0.05, 0.1) is 4.92 Å². The van der Waals surface area contributed by atoms with Crippen LogP contribution in [0.5, 0.6) is 0 Å². The fourth-order valence-electron chi connectivity index (χ4n) is 2.69. The van der Waals surface area contributed by atoms with Crippen LogP contribution in [0.25, 0.3) is 6.08 Å². The maximum Gasteiger partial charge on any atom is 0.270 e. The van der Waals surface area contributed by atoms with Crippen LogP contribution in [-0.2, 0) is 6.42 Å². The van der Waals surface area contributed by atoms with E-state index in [0.717, 1.165) is 16.8 Å². The summed E-state index contributed by atoms with van der Waals surface area (Å²) in [6.07, 6.45) is 2.37. The van der Waals surface area contributed by atoms with Gasteiger partial charge in [0.25, 0.3) is 5.69 Å². The van der Waals surface area contributed by atoms with Gasteiger partial charge in [-0.2, -0.15) is 0 Å². The lowest BCUT2D eigenvalue weighted by atomic mass is 10.1. The highest BCUT2D eigenvalue weighted by molar-refractivity contribution is 6.15. The molecule has 5 heteroatoms. The van der Waals surface area contributed by atoms with Crippen molar-refractivity contribution >= 4 is 23.2 Å². The summed E-state index contributed by atoms with van der Waals surface area (Å²) in [6, 6.07) is 12.4. The monoisotopic (exact) mass is 308 g/mol. The molecule has 0 bridgehead atoms. The summed E-state index contributed by atoms with van der Waals surface area (Å²) in [5, 5.41) is 10.8. The first-order chi connectivity index (χ1) is 11.0. The van der Waals surface area contributed by atoms with Gasteiger partial charge in [-0.1, -0.05) is 18.2 Å². The molecule has 2 aromatic rings. The Morgan fingerprint density at radius 1 is 1.13 bits per heavy atom. The molecule has 2 aromatic carbocycles. The number of carbonyl (C=O) groups is 1. The molecule has 1 aliphatic carbocycles. The summed E-state index contributed by atoms with van der Waals surface area (Å²) >= 11 is 0. The van der Waals surface area contributed by atoms with E-state index in [0.29, 0.717) is 17.6 Å². The van der Waals surface area contributed by atoms with Gasteiger partial charge in [0.1, 0.15) is 0 Å². The maximum atomic E-state index is 12.5.